The maximum absolute atomic E-state index is 10.8. The zero-order valence-electron chi connectivity index (χ0n) is 18.6. The molecule has 2 N–H and O–H groups in total. The van der Waals surface area contributed by atoms with E-state index in [1.54, 1.807) is 18.3 Å². The van der Waals surface area contributed by atoms with Crippen LogP contribution in [0.5, 0.6) is 0 Å². The van der Waals surface area contributed by atoms with Gasteiger partial charge in [0, 0.05) is 44.2 Å². The minimum Gasteiger partial charge on any atom is -0.375 e. The number of para-hydroxylation sites is 1. The summed E-state index contributed by atoms with van der Waals surface area (Å²) in [7, 11) is 2.08. The molecule has 0 saturated carbocycles. The minimum absolute atomic E-state index is 0. The van der Waals surface area contributed by atoms with Crippen molar-refractivity contribution in [3.05, 3.63) is 100 Å². The van der Waals surface area contributed by atoms with E-state index in [0.717, 1.165) is 30.8 Å². The summed E-state index contributed by atoms with van der Waals surface area (Å²) >= 11 is 0. The Hall–Kier alpha value is -3.21. The first-order valence-corrected chi connectivity index (χ1v) is 10.5. The van der Waals surface area contributed by atoms with E-state index in [9.17, 15) is 10.1 Å². The van der Waals surface area contributed by atoms with Crippen LogP contribution in [0.1, 0.15) is 17.7 Å². The Morgan fingerprint density at radius 2 is 1.76 bits per heavy atom. The van der Waals surface area contributed by atoms with Gasteiger partial charge < -0.3 is 15.5 Å². The summed E-state index contributed by atoms with van der Waals surface area (Å²) in [6, 6.07) is 22.5. The zero-order chi connectivity index (χ0) is 22.6. The van der Waals surface area contributed by atoms with E-state index < -0.39 is 4.92 Å². The van der Waals surface area contributed by atoms with E-state index in [0.29, 0.717) is 19.0 Å². The molecule has 0 aliphatic rings. The van der Waals surface area contributed by atoms with Crippen LogP contribution in [0.2, 0.25) is 0 Å². The predicted molar refractivity (Wildman–Crippen MR) is 143 cm³/mol. The number of aliphatic imine (C=N–C) groups is 1. The normalized spacial score (nSPS) is 10.8. The van der Waals surface area contributed by atoms with Crippen LogP contribution in [0, 0.1) is 10.1 Å². The second-order valence-electron chi connectivity index (χ2n) is 7.30. The van der Waals surface area contributed by atoms with Gasteiger partial charge in [-0.1, -0.05) is 36.4 Å². The van der Waals surface area contributed by atoms with E-state index in [1.165, 1.54) is 17.8 Å². The summed E-state index contributed by atoms with van der Waals surface area (Å²) in [5.41, 5.74) is 3.08. The van der Waals surface area contributed by atoms with Gasteiger partial charge in [-0.05, 0) is 36.2 Å². The Morgan fingerprint density at radius 3 is 2.42 bits per heavy atom. The molecule has 0 aliphatic carbocycles. The number of pyridine rings is 1. The molecule has 0 bridgehead atoms. The van der Waals surface area contributed by atoms with Crippen LogP contribution in [0.4, 0.5) is 11.4 Å². The molecule has 33 heavy (non-hydrogen) atoms. The number of rotatable bonds is 10. The van der Waals surface area contributed by atoms with Gasteiger partial charge in [-0.25, -0.2) is 4.99 Å². The summed E-state index contributed by atoms with van der Waals surface area (Å²) < 4.78 is 0. The summed E-state index contributed by atoms with van der Waals surface area (Å²) in [6.45, 7) is 2.63. The van der Waals surface area contributed by atoms with Gasteiger partial charge in [0.25, 0.3) is 5.69 Å². The van der Waals surface area contributed by atoms with Gasteiger partial charge in [0.2, 0.25) is 0 Å². The average Bonchev–Trinajstić information content (AvgIpc) is 2.84. The van der Waals surface area contributed by atoms with Crippen molar-refractivity contribution in [2.75, 3.05) is 25.0 Å². The summed E-state index contributed by atoms with van der Waals surface area (Å²) in [5.74, 6) is 0.677. The fraction of sp³-hybridized carbons (Fsp3) is 0.250. The molecular weight excluding hydrogens is 531 g/mol. The Morgan fingerprint density at radius 1 is 1.03 bits per heavy atom. The minimum atomic E-state index is -0.402. The highest BCUT2D eigenvalue weighted by atomic mass is 127. The molecule has 0 atom stereocenters. The molecule has 174 valence electrons. The molecular formula is C24H29IN6O2. The average molecular weight is 560 g/mol. The molecule has 8 nitrogen and oxygen atoms in total. The van der Waals surface area contributed by atoms with Gasteiger partial charge in [0.15, 0.2) is 5.96 Å². The van der Waals surface area contributed by atoms with Gasteiger partial charge in [-0.2, -0.15) is 0 Å². The number of benzene rings is 2. The van der Waals surface area contributed by atoms with Crippen LogP contribution in [0.3, 0.4) is 0 Å². The molecule has 0 radical (unpaired) electrons. The van der Waals surface area contributed by atoms with Gasteiger partial charge in [-0.15, -0.1) is 24.0 Å². The summed E-state index contributed by atoms with van der Waals surface area (Å²) in [5, 5.41) is 17.5. The SMILES string of the molecule is CN(CCCNC(=NCc1ccc([N+](=O)[O-])cc1)NCc1ccccn1)c1ccccc1.I. The Labute approximate surface area is 211 Å². The number of guanidine groups is 1. The number of nitro groups is 1. The molecule has 0 unspecified atom stereocenters. The topological polar surface area (TPSA) is 95.7 Å². The highest BCUT2D eigenvalue weighted by Crippen LogP contribution is 2.13. The number of nitro benzene ring substituents is 1. The summed E-state index contributed by atoms with van der Waals surface area (Å²) in [4.78, 5) is 21.6. The van der Waals surface area contributed by atoms with E-state index in [2.05, 4.69) is 44.7 Å². The first-order valence-electron chi connectivity index (χ1n) is 10.5. The molecule has 0 aliphatic heterocycles. The lowest BCUT2D eigenvalue weighted by Crippen LogP contribution is -2.38. The van der Waals surface area contributed by atoms with E-state index in [4.69, 9.17) is 0 Å². The van der Waals surface area contributed by atoms with Crippen molar-refractivity contribution >= 4 is 41.3 Å². The lowest BCUT2D eigenvalue weighted by molar-refractivity contribution is -0.384. The van der Waals surface area contributed by atoms with Crippen LogP contribution in [0.15, 0.2) is 84.0 Å². The Bertz CT molecular complexity index is 1000. The molecule has 0 spiro atoms. The van der Waals surface area contributed by atoms with Crippen LogP contribution in [-0.2, 0) is 13.1 Å². The Balaban J connectivity index is 0.00000385. The largest absolute Gasteiger partial charge is 0.375 e. The zero-order valence-corrected chi connectivity index (χ0v) is 20.9. The van der Waals surface area contributed by atoms with Gasteiger partial charge in [-0.3, -0.25) is 15.1 Å². The standard InChI is InChI=1S/C24H28N6O2.HI/c1-29(22-9-3-2-4-10-22)17-7-16-26-24(28-19-21-8-5-6-15-25-21)27-18-20-11-13-23(14-12-20)30(31)32;/h2-6,8-15H,7,16-19H2,1H3,(H2,26,27,28);1H. The predicted octanol–water partition coefficient (Wildman–Crippen LogP) is 4.37. The molecule has 0 amide bonds. The van der Waals surface area contributed by atoms with E-state index >= 15 is 0 Å². The quantitative estimate of drug-likeness (QED) is 0.0956. The first kappa shape index (κ1) is 26.0. The van der Waals surface area contributed by atoms with Crippen molar-refractivity contribution in [1.29, 1.82) is 0 Å². The fourth-order valence-corrected chi connectivity index (χ4v) is 3.08. The smallest absolute Gasteiger partial charge is 0.269 e. The number of hydrogen-bond acceptors (Lipinski definition) is 5. The van der Waals surface area contributed by atoms with Crippen LogP contribution < -0.4 is 15.5 Å². The Kier molecular flexibility index (Phi) is 11.1. The second kappa shape index (κ2) is 14.0. The number of non-ortho nitro benzene ring substituents is 1. The van der Waals surface area contributed by atoms with Gasteiger partial charge >= 0.3 is 0 Å². The third kappa shape index (κ3) is 9.05. The molecule has 1 heterocycles. The highest BCUT2D eigenvalue weighted by molar-refractivity contribution is 14.0. The van der Waals surface area contributed by atoms with Crippen molar-refractivity contribution < 1.29 is 4.92 Å². The molecule has 3 rings (SSSR count). The lowest BCUT2D eigenvalue weighted by atomic mass is 10.2. The number of anilines is 1. The van der Waals surface area contributed by atoms with Crippen molar-refractivity contribution in [1.82, 2.24) is 15.6 Å². The molecule has 9 heteroatoms. The lowest BCUT2D eigenvalue weighted by Gasteiger charge is -2.19. The van der Waals surface area contributed by atoms with E-state index in [1.807, 2.05) is 36.4 Å². The maximum Gasteiger partial charge on any atom is 0.269 e. The molecule has 0 saturated heterocycles. The number of nitrogens with one attached hydrogen (secondary N) is 2. The summed E-state index contributed by atoms with van der Waals surface area (Å²) in [6.07, 6.45) is 2.70. The maximum atomic E-state index is 10.8. The molecule has 0 fully saturated rings. The van der Waals surface area contributed by atoms with Crippen LogP contribution >= 0.6 is 24.0 Å². The number of halogens is 1. The van der Waals surface area contributed by atoms with Gasteiger partial charge in [0.1, 0.15) is 0 Å². The molecule has 2 aromatic carbocycles. The van der Waals surface area contributed by atoms with Crippen molar-refractivity contribution in [3.63, 3.8) is 0 Å². The molecule has 1 aromatic heterocycles. The highest BCUT2D eigenvalue weighted by Gasteiger charge is 2.05. The third-order valence-corrected chi connectivity index (χ3v) is 4.89. The van der Waals surface area contributed by atoms with Crippen molar-refractivity contribution in [2.24, 2.45) is 4.99 Å². The third-order valence-electron chi connectivity index (χ3n) is 4.89. The van der Waals surface area contributed by atoms with Crippen LogP contribution in [-0.4, -0.2) is 36.0 Å². The molecule has 3 aromatic rings. The second-order valence-corrected chi connectivity index (χ2v) is 7.30. The number of aromatic nitrogens is 1. The van der Waals surface area contributed by atoms with Gasteiger partial charge in [0.05, 0.1) is 23.7 Å². The monoisotopic (exact) mass is 560 g/mol. The number of hydrogen-bond donors (Lipinski definition) is 2. The van der Waals surface area contributed by atoms with Crippen molar-refractivity contribution in [3.8, 4) is 0 Å². The fourth-order valence-electron chi connectivity index (χ4n) is 3.08. The van der Waals surface area contributed by atoms with E-state index in [-0.39, 0.29) is 29.7 Å². The number of nitrogens with zero attached hydrogens (tertiary/aromatic N) is 4. The van der Waals surface area contributed by atoms with Crippen LogP contribution in [0.25, 0.3) is 0 Å². The first-order chi connectivity index (χ1) is 15.6. The van der Waals surface area contributed by atoms with Crippen molar-refractivity contribution in [2.45, 2.75) is 19.5 Å².